The topological polar surface area (TPSA) is 49.4 Å². The molecule has 20 heavy (non-hydrogen) atoms. The summed E-state index contributed by atoms with van der Waals surface area (Å²) in [5.41, 5.74) is -0.665. The van der Waals surface area contributed by atoms with Crippen LogP contribution < -0.4 is 5.32 Å². The first-order valence-electron chi connectivity index (χ1n) is 7.71. The monoisotopic (exact) mass is 298 g/mol. The highest BCUT2D eigenvalue weighted by Gasteiger charge is 2.46. The van der Waals surface area contributed by atoms with Crippen molar-refractivity contribution < 1.29 is 9.59 Å². The van der Waals surface area contributed by atoms with E-state index in [-0.39, 0.29) is 24.4 Å². The number of hydrogen-bond donors (Lipinski definition) is 1. The van der Waals surface area contributed by atoms with E-state index in [2.05, 4.69) is 11.6 Å². The zero-order valence-corrected chi connectivity index (χ0v) is 13.6. The lowest BCUT2D eigenvalue weighted by molar-refractivity contribution is -0.153. The predicted molar refractivity (Wildman–Crippen MR) is 82.7 cm³/mol. The lowest BCUT2D eigenvalue weighted by Crippen LogP contribution is -2.68. The molecule has 2 fully saturated rings. The van der Waals surface area contributed by atoms with Crippen molar-refractivity contribution in [1.29, 1.82) is 0 Å². The second kappa shape index (κ2) is 6.37. The lowest BCUT2D eigenvalue weighted by atomic mass is 9.86. The van der Waals surface area contributed by atoms with Gasteiger partial charge in [-0.15, -0.1) is 0 Å². The molecule has 2 amide bonds. The van der Waals surface area contributed by atoms with E-state index < -0.39 is 5.54 Å². The van der Waals surface area contributed by atoms with Crippen molar-refractivity contribution in [3.05, 3.63) is 0 Å². The van der Waals surface area contributed by atoms with Crippen LogP contribution in [-0.2, 0) is 9.59 Å². The molecule has 114 valence electrons. The van der Waals surface area contributed by atoms with Crippen molar-refractivity contribution in [3.8, 4) is 0 Å². The summed E-state index contributed by atoms with van der Waals surface area (Å²) in [6.45, 7) is 4.21. The second-order valence-corrected chi connectivity index (χ2v) is 7.09. The van der Waals surface area contributed by atoms with Gasteiger partial charge in [-0.25, -0.2) is 0 Å². The molecule has 0 spiro atoms. The number of nitrogens with one attached hydrogen (secondary N) is 1. The van der Waals surface area contributed by atoms with E-state index >= 15 is 0 Å². The van der Waals surface area contributed by atoms with E-state index in [1.54, 1.807) is 0 Å². The first-order valence-corrected chi connectivity index (χ1v) is 9.00. The minimum absolute atomic E-state index is 0.000394. The Morgan fingerprint density at radius 1 is 1.30 bits per heavy atom. The van der Waals surface area contributed by atoms with Crippen LogP contribution in [0.4, 0.5) is 0 Å². The molecule has 0 aromatic rings. The molecule has 1 heterocycles. The van der Waals surface area contributed by atoms with Gasteiger partial charge in [0.25, 0.3) is 0 Å². The molecule has 2 atom stereocenters. The van der Waals surface area contributed by atoms with Gasteiger partial charge in [0, 0.05) is 11.3 Å². The summed E-state index contributed by atoms with van der Waals surface area (Å²) in [6.07, 6.45) is 7.95. The van der Waals surface area contributed by atoms with Gasteiger partial charge in [0.05, 0.1) is 6.54 Å². The van der Waals surface area contributed by atoms with Crippen LogP contribution in [0.2, 0.25) is 0 Å². The molecule has 2 rings (SSSR count). The van der Waals surface area contributed by atoms with Crippen molar-refractivity contribution in [3.63, 3.8) is 0 Å². The first-order chi connectivity index (χ1) is 9.56. The summed E-state index contributed by atoms with van der Waals surface area (Å²) in [5, 5.41) is 3.57. The maximum absolute atomic E-state index is 12.9. The largest absolute Gasteiger partial charge is 0.340 e. The predicted octanol–water partition coefficient (Wildman–Crippen LogP) is 2.18. The maximum atomic E-state index is 12.9. The molecule has 1 N–H and O–H groups in total. The highest BCUT2D eigenvalue weighted by atomic mass is 32.2. The van der Waals surface area contributed by atoms with Crippen LogP contribution in [-0.4, -0.2) is 46.3 Å². The number of nitrogens with zero attached hydrogens (tertiary/aromatic N) is 1. The Morgan fingerprint density at radius 2 is 2.00 bits per heavy atom. The Labute approximate surface area is 126 Å². The quantitative estimate of drug-likeness (QED) is 0.865. The number of piperazine rings is 1. The molecule has 1 aliphatic carbocycles. The number of carbonyl (C=O) groups is 2. The van der Waals surface area contributed by atoms with E-state index in [9.17, 15) is 9.59 Å². The molecule has 1 saturated heterocycles. The van der Waals surface area contributed by atoms with Crippen LogP contribution in [0.5, 0.6) is 0 Å². The van der Waals surface area contributed by atoms with Crippen LogP contribution in [0.1, 0.15) is 52.4 Å². The van der Waals surface area contributed by atoms with Gasteiger partial charge in [-0.1, -0.05) is 20.3 Å². The average molecular weight is 298 g/mol. The van der Waals surface area contributed by atoms with Gasteiger partial charge in [-0.3, -0.25) is 9.59 Å². The van der Waals surface area contributed by atoms with Gasteiger partial charge in [0.2, 0.25) is 11.8 Å². The minimum Gasteiger partial charge on any atom is -0.340 e. The van der Waals surface area contributed by atoms with E-state index in [1.165, 1.54) is 6.42 Å². The van der Waals surface area contributed by atoms with Gasteiger partial charge < -0.3 is 10.2 Å². The fraction of sp³-hybridized carbons (Fsp3) is 0.867. The van der Waals surface area contributed by atoms with Crippen molar-refractivity contribution in [2.75, 3.05) is 12.8 Å². The van der Waals surface area contributed by atoms with E-state index in [4.69, 9.17) is 0 Å². The summed E-state index contributed by atoms with van der Waals surface area (Å²) in [4.78, 5) is 26.8. The average Bonchev–Trinajstić information content (AvgIpc) is 2.49. The third kappa shape index (κ3) is 2.83. The maximum Gasteiger partial charge on any atom is 0.249 e. The molecule has 0 aromatic carbocycles. The fourth-order valence-electron chi connectivity index (χ4n) is 3.50. The van der Waals surface area contributed by atoms with Crippen LogP contribution in [0.3, 0.4) is 0 Å². The highest BCUT2D eigenvalue weighted by molar-refractivity contribution is 7.99. The Morgan fingerprint density at radius 3 is 2.60 bits per heavy atom. The highest BCUT2D eigenvalue weighted by Crippen LogP contribution is 2.33. The van der Waals surface area contributed by atoms with Crippen LogP contribution >= 0.6 is 11.8 Å². The van der Waals surface area contributed by atoms with Gasteiger partial charge in [0.15, 0.2) is 0 Å². The lowest BCUT2D eigenvalue weighted by Gasteiger charge is -2.46. The second-order valence-electron chi connectivity index (χ2n) is 5.95. The summed E-state index contributed by atoms with van der Waals surface area (Å²) in [6, 6.07) is 0.247. The van der Waals surface area contributed by atoms with Crippen LogP contribution in [0.25, 0.3) is 0 Å². The number of thioether (sulfide) groups is 1. The zero-order chi connectivity index (χ0) is 14.8. The molecule has 0 aromatic heterocycles. The van der Waals surface area contributed by atoms with E-state index in [0.29, 0.717) is 18.1 Å². The molecule has 4 nitrogen and oxygen atoms in total. The SMILES string of the molecule is CCC1(CC)NC(=O)CN(C2CCCC(SC)C2)C1=O. The summed E-state index contributed by atoms with van der Waals surface area (Å²) >= 11 is 1.89. The Kier molecular flexibility index (Phi) is 4.99. The van der Waals surface area contributed by atoms with Gasteiger partial charge in [0.1, 0.15) is 5.54 Å². The van der Waals surface area contributed by atoms with Crippen molar-refractivity contribution >= 4 is 23.6 Å². The number of hydrogen-bond acceptors (Lipinski definition) is 3. The van der Waals surface area contributed by atoms with Crippen molar-refractivity contribution in [1.82, 2.24) is 10.2 Å². The molecule has 2 unspecified atom stereocenters. The molecular formula is C15H26N2O2S. The standard InChI is InChI=1S/C15H26N2O2S/c1-4-15(5-2)14(19)17(10-13(18)16-15)11-7-6-8-12(9-11)20-3/h11-12H,4-10H2,1-3H3,(H,16,18). The normalized spacial score (nSPS) is 30.2. The molecule has 0 bridgehead atoms. The molecular weight excluding hydrogens is 272 g/mol. The summed E-state index contributed by atoms with van der Waals surface area (Å²) in [7, 11) is 0. The molecule has 0 radical (unpaired) electrons. The molecule has 2 aliphatic rings. The molecule has 1 saturated carbocycles. The Balaban J connectivity index is 2.17. The number of rotatable bonds is 4. The molecule has 5 heteroatoms. The molecule has 1 aliphatic heterocycles. The number of amides is 2. The number of carbonyl (C=O) groups excluding carboxylic acids is 2. The third-order valence-electron chi connectivity index (χ3n) is 4.94. The van der Waals surface area contributed by atoms with Gasteiger partial charge in [-0.05, 0) is 38.4 Å². The van der Waals surface area contributed by atoms with E-state index in [1.807, 2.05) is 30.5 Å². The van der Waals surface area contributed by atoms with Crippen molar-refractivity contribution in [2.45, 2.75) is 69.2 Å². The summed E-state index contributed by atoms with van der Waals surface area (Å²) in [5.74, 6) is 0.133. The smallest absolute Gasteiger partial charge is 0.249 e. The first kappa shape index (κ1) is 15.7. The minimum atomic E-state index is -0.665. The Hall–Kier alpha value is -0.710. The van der Waals surface area contributed by atoms with Crippen LogP contribution in [0.15, 0.2) is 0 Å². The summed E-state index contributed by atoms with van der Waals surface area (Å²) < 4.78 is 0. The third-order valence-corrected chi connectivity index (χ3v) is 6.04. The van der Waals surface area contributed by atoms with Crippen molar-refractivity contribution in [2.24, 2.45) is 0 Å². The van der Waals surface area contributed by atoms with Crippen LogP contribution in [0, 0.1) is 0 Å². The van der Waals surface area contributed by atoms with Gasteiger partial charge >= 0.3 is 0 Å². The van der Waals surface area contributed by atoms with E-state index in [0.717, 1.165) is 19.3 Å². The fourth-order valence-corrected chi connectivity index (χ4v) is 4.32. The zero-order valence-electron chi connectivity index (χ0n) is 12.8. The Bertz CT molecular complexity index is 382. The van der Waals surface area contributed by atoms with Gasteiger partial charge in [-0.2, -0.15) is 11.8 Å².